The average molecular weight is 330 g/mol. The molecule has 0 aliphatic carbocycles. The number of hydrogen-bond acceptors (Lipinski definition) is 3. The van der Waals surface area contributed by atoms with Gasteiger partial charge >= 0.3 is 0 Å². The summed E-state index contributed by atoms with van der Waals surface area (Å²) < 4.78 is 10.7. The first-order valence-electron chi connectivity index (χ1n) is 7.93. The van der Waals surface area contributed by atoms with Gasteiger partial charge in [-0.1, -0.05) is 30.3 Å². The van der Waals surface area contributed by atoms with E-state index in [-0.39, 0.29) is 5.91 Å². The van der Waals surface area contributed by atoms with Crippen molar-refractivity contribution in [3.63, 3.8) is 0 Å². The Morgan fingerprint density at radius 3 is 2.72 bits per heavy atom. The van der Waals surface area contributed by atoms with Crippen LogP contribution < -0.4 is 10.1 Å². The first-order valence-corrected chi connectivity index (χ1v) is 7.93. The molecule has 1 N–H and O–H groups in total. The number of amides is 1. The fraction of sp³-hybridized carbons (Fsp3) is 0.0476. The number of nitrogens with one attached hydrogen (secondary N) is 1. The van der Waals surface area contributed by atoms with Crippen LogP contribution >= 0.6 is 0 Å². The summed E-state index contributed by atoms with van der Waals surface area (Å²) in [5.74, 6) is 0.513. The topological polar surface area (TPSA) is 51.5 Å². The van der Waals surface area contributed by atoms with Crippen molar-refractivity contribution in [1.82, 2.24) is 0 Å². The van der Waals surface area contributed by atoms with Crippen LogP contribution in [0.5, 0.6) is 5.75 Å². The van der Waals surface area contributed by atoms with Crippen LogP contribution in [0.3, 0.4) is 0 Å². The molecule has 1 amide bonds. The number of ether oxygens (including phenoxy) is 1. The van der Waals surface area contributed by atoms with E-state index in [1.165, 1.54) is 6.42 Å². The Morgan fingerprint density at radius 2 is 1.88 bits per heavy atom. The van der Waals surface area contributed by atoms with Crippen molar-refractivity contribution in [1.29, 1.82) is 0 Å². The van der Waals surface area contributed by atoms with E-state index in [0.717, 1.165) is 27.6 Å². The minimum atomic E-state index is -0.208. The molecule has 4 aromatic rings. The van der Waals surface area contributed by atoms with E-state index in [1.54, 1.807) is 13.4 Å². The number of hydrogen-bond donors (Lipinski definition) is 1. The summed E-state index contributed by atoms with van der Waals surface area (Å²) in [6.45, 7) is 0. The molecule has 0 saturated carbocycles. The molecular formula is C21H16NO3. The highest BCUT2D eigenvalue weighted by Gasteiger charge is 2.12. The van der Waals surface area contributed by atoms with Gasteiger partial charge in [-0.2, -0.15) is 0 Å². The summed E-state index contributed by atoms with van der Waals surface area (Å²) in [4.78, 5) is 12.4. The predicted molar refractivity (Wildman–Crippen MR) is 98.7 cm³/mol. The third kappa shape index (κ3) is 3.06. The fourth-order valence-electron chi connectivity index (χ4n) is 2.85. The van der Waals surface area contributed by atoms with Crippen LogP contribution in [-0.2, 0) is 4.79 Å². The molecule has 1 aromatic heterocycles. The molecule has 0 saturated heterocycles. The molecule has 4 nitrogen and oxygen atoms in total. The average Bonchev–Trinajstić information content (AvgIpc) is 3.03. The van der Waals surface area contributed by atoms with Crippen molar-refractivity contribution in [3.05, 3.63) is 78.9 Å². The zero-order valence-corrected chi connectivity index (χ0v) is 13.7. The highest BCUT2D eigenvalue weighted by atomic mass is 16.5. The maximum absolute atomic E-state index is 12.4. The van der Waals surface area contributed by atoms with Gasteiger partial charge in [0.15, 0.2) is 0 Å². The Morgan fingerprint density at radius 1 is 1.04 bits per heavy atom. The summed E-state index contributed by atoms with van der Waals surface area (Å²) >= 11 is 0. The van der Waals surface area contributed by atoms with Crippen molar-refractivity contribution < 1.29 is 13.9 Å². The van der Waals surface area contributed by atoms with Gasteiger partial charge in [-0.25, -0.2) is 0 Å². The Hall–Kier alpha value is -3.27. The molecule has 123 valence electrons. The number of methoxy groups -OCH3 is 1. The van der Waals surface area contributed by atoms with Crippen LogP contribution in [0.4, 0.5) is 5.69 Å². The standard InChI is InChI=1S/C21H16NO3/c1-24-18-8-9-20-19(12-18)16(13-25-20)11-21(23)22-17-7-6-14-4-2-3-5-15(14)10-17/h2-13H,1H3,(H,22,23). The molecule has 0 spiro atoms. The highest BCUT2D eigenvalue weighted by molar-refractivity contribution is 6.03. The van der Waals surface area contributed by atoms with Crippen LogP contribution in [0.1, 0.15) is 5.56 Å². The van der Waals surface area contributed by atoms with E-state index in [2.05, 4.69) is 5.32 Å². The Kier molecular flexibility index (Phi) is 3.86. The van der Waals surface area contributed by atoms with Gasteiger partial charge in [0.1, 0.15) is 11.3 Å². The first kappa shape index (κ1) is 15.3. The molecular weight excluding hydrogens is 314 g/mol. The molecule has 4 rings (SSSR count). The summed E-state index contributed by atoms with van der Waals surface area (Å²) in [5.41, 5.74) is 2.18. The third-order valence-corrected chi connectivity index (χ3v) is 4.11. The number of furan rings is 1. The van der Waals surface area contributed by atoms with Crippen LogP contribution in [0.25, 0.3) is 21.7 Å². The molecule has 0 aliphatic rings. The summed E-state index contributed by atoms with van der Waals surface area (Å²) in [5, 5.41) is 5.96. The minimum Gasteiger partial charge on any atom is -0.497 e. The van der Waals surface area contributed by atoms with E-state index in [0.29, 0.717) is 11.1 Å². The SMILES string of the molecule is COc1ccc2occ([CH]C(=O)Nc3ccc4ccccc4c3)c2c1. The van der Waals surface area contributed by atoms with Crippen molar-refractivity contribution in [2.24, 2.45) is 0 Å². The normalized spacial score (nSPS) is 10.9. The predicted octanol–water partition coefficient (Wildman–Crippen LogP) is 4.79. The van der Waals surface area contributed by atoms with Gasteiger partial charge in [0.25, 0.3) is 0 Å². The quantitative estimate of drug-likeness (QED) is 0.585. The number of fused-ring (bicyclic) bond motifs is 2. The highest BCUT2D eigenvalue weighted by Crippen LogP contribution is 2.27. The van der Waals surface area contributed by atoms with Gasteiger partial charge < -0.3 is 14.5 Å². The van der Waals surface area contributed by atoms with Crippen LogP contribution in [-0.4, -0.2) is 13.0 Å². The van der Waals surface area contributed by atoms with Crippen molar-refractivity contribution in [2.45, 2.75) is 0 Å². The van der Waals surface area contributed by atoms with Gasteiger partial charge in [-0.15, -0.1) is 0 Å². The summed E-state index contributed by atoms with van der Waals surface area (Å²) in [7, 11) is 1.61. The minimum absolute atomic E-state index is 0.208. The summed E-state index contributed by atoms with van der Waals surface area (Å²) in [6.07, 6.45) is 3.10. The molecule has 0 unspecified atom stereocenters. The number of carbonyl (C=O) groups is 1. The molecule has 3 aromatic carbocycles. The Bertz CT molecular complexity index is 1070. The van der Waals surface area contributed by atoms with Gasteiger partial charge in [0.2, 0.25) is 5.91 Å². The number of anilines is 1. The summed E-state index contributed by atoms with van der Waals surface area (Å²) in [6, 6.07) is 19.4. The second kappa shape index (κ2) is 6.32. The van der Waals surface area contributed by atoms with Crippen LogP contribution in [0.2, 0.25) is 0 Å². The van der Waals surface area contributed by atoms with Gasteiger partial charge in [-0.05, 0) is 41.1 Å². The molecule has 1 heterocycles. The second-order valence-corrected chi connectivity index (χ2v) is 5.75. The van der Waals surface area contributed by atoms with Gasteiger partial charge in [0, 0.05) is 16.6 Å². The van der Waals surface area contributed by atoms with Crippen LogP contribution in [0.15, 0.2) is 71.3 Å². The third-order valence-electron chi connectivity index (χ3n) is 4.11. The van der Waals surface area contributed by atoms with Crippen molar-refractivity contribution in [3.8, 4) is 5.75 Å². The molecule has 4 heteroatoms. The zero-order valence-electron chi connectivity index (χ0n) is 13.7. The van der Waals surface area contributed by atoms with E-state index in [4.69, 9.17) is 9.15 Å². The maximum Gasteiger partial charge on any atom is 0.233 e. The van der Waals surface area contributed by atoms with Crippen molar-refractivity contribution >= 4 is 33.3 Å². The van der Waals surface area contributed by atoms with Crippen LogP contribution in [0, 0.1) is 6.42 Å². The van der Waals surface area contributed by atoms with Gasteiger partial charge in [0.05, 0.1) is 19.8 Å². The molecule has 0 bridgehead atoms. The molecule has 25 heavy (non-hydrogen) atoms. The molecule has 0 atom stereocenters. The molecule has 0 aliphatic heterocycles. The van der Waals surface area contributed by atoms with E-state index >= 15 is 0 Å². The molecule has 0 fully saturated rings. The number of benzene rings is 3. The monoisotopic (exact) mass is 330 g/mol. The second-order valence-electron chi connectivity index (χ2n) is 5.75. The van der Waals surface area contributed by atoms with Crippen molar-refractivity contribution in [2.75, 3.05) is 12.4 Å². The van der Waals surface area contributed by atoms with E-state index in [1.807, 2.05) is 60.7 Å². The smallest absolute Gasteiger partial charge is 0.233 e. The Labute approximate surface area is 145 Å². The lowest BCUT2D eigenvalue weighted by Crippen LogP contribution is -2.12. The van der Waals surface area contributed by atoms with Gasteiger partial charge in [-0.3, -0.25) is 4.79 Å². The molecule has 1 radical (unpaired) electrons. The number of carbonyl (C=O) groups excluding carboxylic acids is 1. The number of rotatable bonds is 4. The van der Waals surface area contributed by atoms with E-state index in [9.17, 15) is 4.79 Å². The zero-order chi connectivity index (χ0) is 17.2. The Balaban J connectivity index is 1.55. The lowest BCUT2D eigenvalue weighted by molar-refractivity contribution is -0.112. The largest absolute Gasteiger partial charge is 0.497 e. The van der Waals surface area contributed by atoms with E-state index < -0.39 is 0 Å². The fourth-order valence-corrected chi connectivity index (χ4v) is 2.85. The lowest BCUT2D eigenvalue weighted by atomic mass is 10.1. The lowest BCUT2D eigenvalue weighted by Gasteiger charge is -2.06. The maximum atomic E-state index is 12.4. The first-order chi connectivity index (χ1) is 12.2.